The van der Waals surface area contributed by atoms with Crippen molar-refractivity contribution in [2.75, 3.05) is 5.32 Å². The van der Waals surface area contributed by atoms with Gasteiger partial charge in [-0.3, -0.25) is 0 Å². The normalized spacial score (nSPS) is 10.0. The van der Waals surface area contributed by atoms with Crippen LogP contribution in [-0.4, -0.2) is 0 Å². The topological polar surface area (TPSA) is 35.8 Å². The number of benzene rings is 2. The van der Waals surface area contributed by atoms with Crippen LogP contribution in [0.1, 0.15) is 22.3 Å². The van der Waals surface area contributed by atoms with E-state index in [1.807, 2.05) is 25.1 Å². The van der Waals surface area contributed by atoms with Gasteiger partial charge in [0.2, 0.25) is 0 Å². The number of nitrogens with one attached hydrogen (secondary N) is 1. The highest BCUT2D eigenvalue weighted by Gasteiger charge is 2.02. The van der Waals surface area contributed by atoms with E-state index >= 15 is 0 Å². The van der Waals surface area contributed by atoms with E-state index in [1.54, 1.807) is 19.1 Å². The monoisotopic (exact) mass is 254 g/mol. The third-order valence-electron chi connectivity index (χ3n) is 3.07. The maximum absolute atomic E-state index is 13.2. The predicted molar refractivity (Wildman–Crippen MR) is 74.4 cm³/mol. The van der Waals surface area contributed by atoms with Crippen LogP contribution in [0.15, 0.2) is 36.4 Å². The first-order valence-corrected chi connectivity index (χ1v) is 6.10. The van der Waals surface area contributed by atoms with Gasteiger partial charge in [0.15, 0.2) is 0 Å². The highest BCUT2D eigenvalue weighted by Crippen LogP contribution is 2.18. The minimum atomic E-state index is -0.189. The van der Waals surface area contributed by atoms with Crippen molar-refractivity contribution in [3.05, 3.63) is 64.5 Å². The fraction of sp³-hybridized carbons (Fsp3) is 0.188. The van der Waals surface area contributed by atoms with Gasteiger partial charge in [-0.25, -0.2) is 4.39 Å². The Bertz CT molecular complexity index is 642. The summed E-state index contributed by atoms with van der Waals surface area (Å²) in [6, 6.07) is 12.7. The number of hydrogen-bond acceptors (Lipinski definition) is 2. The smallest absolute Gasteiger partial charge is 0.126 e. The van der Waals surface area contributed by atoms with E-state index in [9.17, 15) is 4.39 Å². The number of nitriles is 1. The van der Waals surface area contributed by atoms with Crippen LogP contribution in [0.3, 0.4) is 0 Å². The zero-order valence-corrected chi connectivity index (χ0v) is 11.0. The molecule has 0 atom stereocenters. The molecule has 96 valence electrons. The molecule has 2 aromatic carbocycles. The molecule has 0 unspecified atom stereocenters. The molecule has 0 amide bonds. The molecule has 2 aromatic rings. The summed E-state index contributed by atoms with van der Waals surface area (Å²) < 4.78 is 13.2. The summed E-state index contributed by atoms with van der Waals surface area (Å²) in [5, 5.41) is 12.2. The van der Waals surface area contributed by atoms with Crippen molar-refractivity contribution in [3.8, 4) is 6.07 Å². The first-order chi connectivity index (χ1) is 9.10. The molecule has 0 spiro atoms. The second-order valence-corrected chi connectivity index (χ2v) is 4.58. The van der Waals surface area contributed by atoms with Crippen LogP contribution in [0.2, 0.25) is 0 Å². The van der Waals surface area contributed by atoms with E-state index in [1.165, 1.54) is 6.07 Å². The van der Waals surface area contributed by atoms with Crippen LogP contribution in [0.4, 0.5) is 10.1 Å². The zero-order chi connectivity index (χ0) is 13.8. The van der Waals surface area contributed by atoms with Gasteiger partial charge in [0.05, 0.1) is 11.6 Å². The van der Waals surface area contributed by atoms with Gasteiger partial charge in [0.25, 0.3) is 0 Å². The van der Waals surface area contributed by atoms with Crippen molar-refractivity contribution in [2.45, 2.75) is 20.4 Å². The molecule has 0 aliphatic carbocycles. The van der Waals surface area contributed by atoms with E-state index in [0.717, 1.165) is 16.8 Å². The van der Waals surface area contributed by atoms with Crippen molar-refractivity contribution in [1.82, 2.24) is 0 Å². The van der Waals surface area contributed by atoms with Gasteiger partial charge in [-0.1, -0.05) is 18.2 Å². The fourth-order valence-corrected chi connectivity index (χ4v) is 1.90. The number of aryl methyl sites for hydroxylation is 2. The molecule has 0 aliphatic rings. The van der Waals surface area contributed by atoms with Crippen LogP contribution in [0, 0.1) is 31.0 Å². The van der Waals surface area contributed by atoms with Crippen molar-refractivity contribution in [3.63, 3.8) is 0 Å². The molecule has 0 heterocycles. The standard InChI is InChI=1S/C16H15FN2/c1-11-3-4-13(9-18)8-16(11)19-10-14-5-6-15(17)12(2)7-14/h3-8,19H,10H2,1-2H3. The van der Waals surface area contributed by atoms with Crippen molar-refractivity contribution >= 4 is 5.69 Å². The number of rotatable bonds is 3. The summed E-state index contributed by atoms with van der Waals surface area (Å²) in [4.78, 5) is 0. The largest absolute Gasteiger partial charge is 0.381 e. The van der Waals surface area contributed by atoms with Crippen LogP contribution in [0.25, 0.3) is 0 Å². The summed E-state index contributed by atoms with van der Waals surface area (Å²) in [6.07, 6.45) is 0. The Morgan fingerprint density at radius 1 is 1.11 bits per heavy atom. The van der Waals surface area contributed by atoms with E-state index in [4.69, 9.17) is 5.26 Å². The Morgan fingerprint density at radius 2 is 1.89 bits per heavy atom. The first kappa shape index (κ1) is 13.1. The molecule has 0 radical (unpaired) electrons. The minimum Gasteiger partial charge on any atom is -0.381 e. The molecule has 1 N–H and O–H groups in total. The molecule has 0 aliphatic heterocycles. The Balaban J connectivity index is 2.14. The van der Waals surface area contributed by atoms with Crippen molar-refractivity contribution < 1.29 is 4.39 Å². The third kappa shape index (κ3) is 3.11. The van der Waals surface area contributed by atoms with E-state index in [2.05, 4.69) is 11.4 Å². The quantitative estimate of drug-likeness (QED) is 0.900. The summed E-state index contributed by atoms with van der Waals surface area (Å²) >= 11 is 0. The minimum absolute atomic E-state index is 0.189. The molecule has 0 aromatic heterocycles. The number of halogens is 1. The number of hydrogen-bond donors (Lipinski definition) is 1. The van der Waals surface area contributed by atoms with Crippen LogP contribution in [0.5, 0.6) is 0 Å². The average Bonchev–Trinajstić information content (AvgIpc) is 2.41. The van der Waals surface area contributed by atoms with Gasteiger partial charge in [-0.05, 0) is 48.7 Å². The lowest BCUT2D eigenvalue weighted by atomic mass is 10.1. The first-order valence-electron chi connectivity index (χ1n) is 6.10. The number of anilines is 1. The number of nitrogens with zero attached hydrogens (tertiary/aromatic N) is 1. The van der Waals surface area contributed by atoms with E-state index in [-0.39, 0.29) is 5.82 Å². The summed E-state index contributed by atoms with van der Waals surface area (Å²) in [5.41, 5.74) is 4.30. The fourth-order valence-electron chi connectivity index (χ4n) is 1.90. The lowest BCUT2D eigenvalue weighted by molar-refractivity contribution is 0.617. The Hall–Kier alpha value is -2.34. The second kappa shape index (κ2) is 5.53. The van der Waals surface area contributed by atoms with Gasteiger partial charge < -0.3 is 5.32 Å². The molecule has 0 saturated carbocycles. The molecule has 2 rings (SSSR count). The van der Waals surface area contributed by atoms with Gasteiger partial charge in [0.1, 0.15) is 5.82 Å². The van der Waals surface area contributed by atoms with Gasteiger partial charge in [-0.2, -0.15) is 5.26 Å². The molecule has 0 fully saturated rings. The van der Waals surface area contributed by atoms with Crippen LogP contribution in [-0.2, 0) is 6.54 Å². The van der Waals surface area contributed by atoms with Crippen LogP contribution < -0.4 is 5.32 Å². The van der Waals surface area contributed by atoms with Gasteiger partial charge in [-0.15, -0.1) is 0 Å². The van der Waals surface area contributed by atoms with Crippen molar-refractivity contribution in [1.29, 1.82) is 5.26 Å². The average molecular weight is 254 g/mol. The lowest BCUT2D eigenvalue weighted by Crippen LogP contribution is -2.02. The summed E-state index contributed by atoms with van der Waals surface area (Å²) in [6.45, 7) is 4.34. The Morgan fingerprint density at radius 3 is 2.58 bits per heavy atom. The predicted octanol–water partition coefficient (Wildman–Crippen LogP) is 3.93. The molecule has 0 bridgehead atoms. The molecule has 0 saturated heterocycles. The zero-order valence-electron chi connectivity index (χ0n) is 11.0. The summed E-state index contributed by atoms with van der Waals surface area (Å²) in [5.74, 6) is -0.189. The molecular formula is C16H15FN2. The molecule has 3 heteroatoms. The Kier molecular flexibility index (Phi) is 3.82. The van der Waals surface area contributed by atoms with Crippen LogP contribution >= 0.6 is 0 Å². The summed E-state index contributed by atoms with van der Waals surface area (Å²) in [7, 11) is 0. The lowest BCUT2D eigenvalue weighted by Gasteiger charge is -2.10. The van der Waals surface area contributed by atoms with Crippen molar-refractivity contribution in [2.24, 2.45) is 0 Å². The third-order valence-corrected chi connectivity index (χ3v) is 3.07. The van der Waals surface area contributed by atoms with Gasteiger partial charge >= 0.3 is 0 Å². The highest BCUT2D eigenvalue weighted by atomic mass is 19.1. The highest BCUT2D eigenvalue weighted by molar-refractivity contribution is 5.55. The molecule has 19 heavy (non-hydrogen) atoms. The maximum atomic E-state index is 13.2. The van der Waals surface area contributed by atoms with Gasteiger partial charge in [0, 0.05) is 12.2 Å². The van der Waals surface area contributed by atoms with E-state index < -0.39 is 0 Å². The molecule has 2 nitrogen and oxygen atoms in total. The molecular weight excluding hydrogens is 239 g/mol. The SMILES string of the molecule is Cc1cc(CNc2cc(C#N)ccc2C)ccc1F. The van der Waals surface area contributed by atoms with E-state index in [0.29, 0.717) is 17.7 Å². The maximum Gasteiger partial charge on any atom is 0.126 e. The second-order valence-electron chi connectivity index (χ2n) is 4.58. The Labute approximate surface area is 112 Å².